The van der Waals surface area contributed by atoms with Crippen molar-refractivity contribution >= 4 is 5.91 Å². The summed E-state index contributed by atoms with van der Waals surface area (Å²) in [6.45, 7) is 6.45. The number of hydrogen-bond donors (Lipinski definition) is 2. The molecule has 1 amide bonds. The zero-order valence-electron chi connectivity index (χ0n) is 13.2. The maximum absolute atomic E-state index is 13.0. The minimum atomic E-state index is -0.283. The van der Waals surface area contributed by atoms with Crippen LogP contribution in [0.1, 0.15) is 31.4 Å². The fraction of sp³-hybridized carbons (Fsp3) is 0.588. The van der Waals surface area contributed by atoms with Gasteiger partial charge in [0.2, 0.25) is 5.91 Å². The van der Waals surface area contributed by atoms with Crippen molar-refractivity contribution in [3.05, 3.63) is 29.8 Å². The van der Waals surface area contributed by atoms with Crippen LogP contribution in [0.4, 0.5) is 0 Å². The number of hydrogen-bond acceptors (Lipinski definition) is 4. The molecule has 0 aliphatic carbocycles. The number of rotatable bonds is 3. The van der Waals surface area contributed by atoms with Crippen LogP contribution in [-0.4, -0.2) is 59.6 Å². The Hall–Kier alpha value is -1.59. The summed E-state index contributed by atoms with van der Waals surface area (Å²) in [5.41, 5.74) is 0.894. The maximum atomic E-state index is 13.0. The second kappa shape index (κ2) is 6.67. The molecule has 5 nitrogen and oxygen atoms in total. The van der Waals surface area contributed by atoms with Crippen molar-refractivity contribution in [1.29, 1.82) is 0 Å². The van der Waals surface area contributed by atoms with Crippen LogP contribution < -0.4 is 5.32 Å². The average Bonchev–Trinajstić information content (AvgIpc) is 3.02. The number of amides is 1. The Morgan fingerprint density at radius 1 is 1.32 bits per heavy atom. The van der Waals surface area contributed by atoms with Gasteiger partial charge in [-0.1, -0.05) is 12.1 Å². The largest absolute Gasteiger partial charge is 0.508 e. The lowest BCUT2D eigenvalue weighted by atomic mass is 10.0. The maximum Gasteiger partial charge on any atom is 0.244 e. The minimum Gasteiger partial charge on any atom is -0.508 e. The third kappa shape index (κ3) is 3.25. The van der Waals surface area contributed by atoms with Crippen molar-refractivity contribution in [1.82, 2.24) is 15.1 Å². The number of phenolic OH excluding ortho intramolecular Hbond substituents is 1. The molecule has 2 heterocycles. The number of benzene rings is 1. The Bertz CT molecular complexity index is 528. The van der Waals surface area contributed by atoms with Crippen LogP contribution in [0, 0.1) is 0 Å². The van der Waals surface area contributed by atoms with E-state index in [2.05, 4.69) is 17.1 Å². The molecular formula is C17H25N3O2. The molecule has 2 unspecified atom stereocenters. The first-order valence-electron chi connectivity index (χ1n) is 8.20. The molecule has 2 aliphatic rings. The topological polar surface area (TPSA) is 55.8 Å². The van der Waals surface area contributed by atoms with Gasteiger partial charge in [-0.05, 0) is 37.5 Å². The zero-order valence-corrected chi connectivity index (χ0v) is 13.2. The molecule has 120 valence electrons. The monoisotopic (exact) mass is 303 g/mol. The van der Waals surface area contributed by atoms with Crippen molar-refractivity contribution in [2.75, 3.05) is 32.7 Å². The van der Waals surface area contributed by atoms with Gasteiger partial charge in [-0.2, -0.15) is 0 Å². The van der Waals surface area contributed by atoms with E-state index in [4.69, 9.17) is 0 Å². The van der Waals surface area contributed by atoms with E-state index in [0.717, 1.165) is 51.1 Å². The molecule has 0 radical (unpaired) electrons. The average molecular weight is 303 g/mol. The quantitative estimate of drug-likeness (QED) is 0.885. The summed E-state index contributed by atoms with van der Waals surface area (Å²) >= 11 is 0. The van der Waals surface area contributed by atoms with Gasteiger partial charge in [0.25, 0.3) is 0 Å². The Morgan fingerprint density at radius 3 is 2.77 bits per heavy atom. The Kier molecular flexibility index (Phi) is 4.64. The van der Waals surface area contributed by atoms with Crippen molar-refractivity contribution < 1.29 is 9.90 Å². The Labute approximate surface area is 131 Å². The fourth-order valence-electron chi connectivity index (χ4n) is 3.51. The first kappa shape index (κ1) is 15.3. The number of carbonyl (C=O) groups is 1. The molecule has 0 aromatic heterocycles. The number of piperazine rings is 1. The molecule has 2 fully saturated rings. The number of nitrogens with one attached hydrogen (secondary N) is 1. The number of aromatic hydroxyl groups is 1. The van der Waals surface area contributed by atoms with Gasteiger partial charge < -0.3 is 15.3 Å². The van der Waals surface area contributed by atoms with E-state index in [9.17, 15) is 9.90 Å². The molecule has 0 bridgehead atoms. The highest BCUT2D eigenvalue weighted by molar-refractivity contribution is 5.83. The van der Waals surface area contributed by atoms with E-state index in [1.807, 2.05) is 17.0 Å². The molecular weight excluding hydrogens is 278 g/mol. The summed E-state index contributed by atoms with van der Waals surface area (Å²) in [6.07, 6.45) is 2.19. The molecule has 0 saturated carbocycles. The molecule has 22 heavy (non-hydrogen) atoms. The van der Waals surface area contributed by atoms with E-state index in [0.29, 0.717) is 6.04 Å². The van der Waals surface area contributed by atoms with Crippen LogP contribution in [0.25, 0.3) is 0 Å². The Balaban J connectivity index is 1.88. The van der Waals surface area contributed by atoms with E-state index in [-0.39, 0.29) is 17.7 Å². The smallest absolute Gasteiger partial charge is 0.244 e. The van der Waals surface area contributed by atoms with Gasteiger partial charge >= 0.3 is 0 Å². The lowest BCUT2D eigenvalue weighted by Crippen LogP contribution is -2.53. The number of nitrogens with zero attached hydrogens (tertiary/aromatic N) is 2. The van der Waals surface area contributed by atoms with Crippen LogP contribution in [-0.2, 0) is 4.79 Å². The number of carbonyl (C=O) groups excluding carboxylic acids is 1. The summed E-state index contributed by atoms with van der Waals surface area (Å²) in [4.78, 5) is 17.3. The molecule has 5 heteroatoms. The van der Waals surface area contributed by atoms with Gasteiger partial charge in [-0.3, -0.25) is 9.69 Å². The van der Waals surface area contributed by atoms with Crippen LogP contribution in [0.5, 0.6) is 5.75 Å². The van der Waals surface area contributed by atoms with Crippen molar-refractivity contribution in [3.8, 4) is 5.75 Å². The first-order valence-corrected chi connectivity index (χ1v) is 8.20. The predicted octanol–water partition coefficient (Wildman–Crippen LogP) is 1.35. The third-order valence-electron chi connectivity index (χ3n) is 4.60. The standard InChI is InChI=1S/C17H25N3O2/c1-13-12-20(10-7-18-13)16(14-5-4-6-15(21)11-14)17(22)19-8-2-3-9-19/h4-6,11,13,16,18,21H,2-3,7-10,12H2,1H3. The second-order valence-electron chi connectivity index (χ2n) is 6.38. The lowest BCUT2D eigenvalue weighted by molar-refractivity contribution is -0.136. The first-order chi connectivity index (χ1) is 10.6. The molecule has 2 aliphatic heterocycles. The summed E-state index contributed by atoms with van der Waals surface area (Å²) < 4.78 is 0. The minimum absolute atomic E-state index is 0.178. The van der Waals surface area contributed by atoms with E-state index < -0.39 is 0 Å². The summed E-state index contributed by atoms with van der Waals surface area (Å²) in [5, 5.41) is 13.2. The zero-order chi connectivity index (χ0) is 15.5. The second-order valence-corrected chi connectivity index (χ2v) is 6.38. The number of likely N-dealkylation sites (tertiary alicyclic amines) is 1. The predicted molar refractivity (Wildman–Crippen MR) is 85.7 cm³/mol. The highest BCUT2D eigenvalue weighted by Gasteiger charge is 2.34. The van der Waals surface area contributed by atoms with E-state index >= 15 is 0 Å². The van der Waals surface area contributed by atoms with Gasteiger partial charge in [0.15, 0.2) is 0 Å². The van der Waals surface area contributed by atoms with Gasteiger partial charge in [-0.15, -0.1) is 0 Å². The molecule has 0 spiro atoms. The van der Waals surface area contributed by atoms with Crippen molar-refractivity contribution in [2.45, 2.75) is 31.8 Å². The van der Waals surface area contributed by atoms with Crippen LogP contribution in [0.15, 0.2) is 24.3 Å². The van der Waals surface area contributed by atoms with E-state index in [1.54, 1.807) is 12.1 Å². The fourth-order valence-corrected chi connectivity index (χ4v) is 3.51. The van der Waals surface area contributed by atoms with Crippen LogP contribution >= 0.6 is 0 Å². The molecule has 2 atom stereocenters. The van der Waals surface area contributed by atoms with Gasteiger partial charge in [0, 0.05) is 38.8 Å². The molecule has 2 saturated heterocycles. The summed E-state index contributed by atoms with van der Waals surface area (Å²) in [5.74, 6) is 0.400. The lowest BCUT2D eigenvalue weighted by Gasteiger charge is -2.38. The van der Waals surface area contributed by atoms with Crippen LogP contribution in [0.3, 0.4) is 0 Å². The summed E-state index contributed by atoms with van der Waals surface area (Å²) in [7, 11) is 0. The van der Waals surface area contributed by atoms with Gasteiger partial charge in [0.05, 0.1) is 0 Å². The SMILES string of the molecule is CC1CN(C(C(=O)N2CCCC2)c2cccc(O)c2)CCN1. The van der Waals surface area contributed by atoms with Crippen molar-refractivity contribution in [3.63, 3.8) is 0 Å². The normalized spacial score (nSPS) is 24.4. The van der Waals surface area contributed by atoms with Gasteiger partial charge in [-0.25, -0.2) is 0 Å². The molecule has 2 N–H and O–H groups in total. The number of phenols is 1. The summed E-state index contributed by atoms with van der Waals surface area (Å²) in [6, 6.07) is 7.24. The van der Waals surface area contributed by atoms with Gasteiger partial charge in [0.1, 0.15) is 11.8 Å². The molecule has 1 aromatic carbocycles. The van der Waals surface area contributed by atoms with Crippen molar-refractivity contribution in [2.24, 2.45) is 0 Å². The molecule has 1 aromatic rings. The highest BCUT2D eigenvalue weighted by Crippen LogP contribution is 2.28. The highest BCUT2D eigenvalue weighted by atomic mass is 16.3. The molecule has 3 rings (SSSR count). The third-order valence-corrected chi connectivity index (χ3v) is 4.60. The Morgan fingerprint density at radius 2 is 2.09 bits per heavy atom. The van der Waals surface area contributed by atoms with Crippen LogP contribution in [0.2, 0.25) is 0 Å². The van der Waals surface area contributed by atoms with E-state index in [1.165, 1.54) is 0 Å².